The molecule has 0 heterocycles. The highest BCUT2D eigenvalue weighted by atomic mass is 35.5. The molecule has 0 radical (unpaired) electrons. The molecule has 0 unspecified atom stereocenters. The molecule has 41 heavy (non-hydrogen) atoms. The maximum Gasteiger partial charge on any atom is 0.251 e. The van der Waals surface area contributed by atoms with Gasteiger partial charge < -0.3 is 22.1 Å². The number of primary amides is 1. The van der Waals surface area contributed by atoms with Crippen LogP contribution in [0.4, 0.5) is 5.69 Å². The molecule has 11 nitrogen and oxygen atoms in total. The Balaban J connectivity index is 2.08. The predicted molar refractivity (Wildman–Crippen MR) is 160 cm³/mol. The lowest BCUT2D eigenvalue weighted by molar-refractivity contribution is -0.525. The maximum absolute atomic E-state index is 14.7. The van der Waals surface area contributed by atoms with E-state index >= 15 is 0 Å². The zero-order valence-corrected chi connectivity index (χ0v) is 23.8. The number of nitrogens with two attached hydrogens (primary N) is 3. The van der Waals surface area contributed by atoms with E-state index in [2.05, 4.69) is 4.99 Å². The molecule has 0 bridgehead atoms. The summed E-state index contributed by atoms with van der Waals surface area (Å²) >= 11 is 12.6. The Morgan fingerprint density at radius 1 is 1.02 bits per heavy atom. The first-order valence-corrected chi connectivity index (χ1v) is 13.4. The SMILES string of the molecule is CC(C(=O)N(Cc1cc(Cl)c(N)c(Cl)c1)[C@H](CCCN=C(N)N[N+](=O)[O-])C(N)=O)(c1ccccc1)c1ccccc1. The van der Waals surface area contributed by atoms with Crippen molar-refractivity contribution < 1.29 is 14.6 Å². The number of nitrogens with one attached hydrogen (secondary N) is 1. The van der Waals surface area contributed by atoms with Gasteiger partial charge in [0.05, 0.1) is 21.1 Å². The van der Waals surface area contributed by atoms with Gasteiger partial charge in [-0.15, -0.1) is 0 Å². The van der Waals surface area contributed by atoms with Crippen molar-refractivity contribution in [1.82, 2.24) is 10.3 Å². The molecule has 0 spiro atoms. The number of aliphatic imine (C=N–C) groups is 1. The molecule has 13 heteroatoms. The van der Waals surface area contributed by atoms with Crippen molar-refractivity contribution in [1.29, 1.82) is 0 Å². The molecule has 0 saturated heterocycles. The maximum atomic E-state index is 14.7. The van der Waals surface area contributed by atoms with E-state index in [9.17, 15) is 19.7 Å². The van der Waals surface area contributed by atoms with Gasteiger partial charge in [-0.3, -0.25) is 9.59 Å². The van der Waals surface area contributed by atoms with E-state index in [1.165, 1.54) is 4.90 Å². The number of nitro groups is 1. The van der Waals surface area contributed by atoms with Gasteiger partial charge in [0.2, 0.25) is 11.8 Å². The first kappa shape index (κ1) is 31.2. The fourth-order valence-corrected chi connectivity index (χ4v) is 5.09. The average molecular weight is 601 g/mol. The van der Waals surface area contributed by atoms with E-state index < -0.39 is 22.4 Å². The summed E-state index contributed by atoms with van der Waals surface area (Å²) in [6, 6.07) is 20.5. The normalized spacial score (nSPS) is 12.4. The van der Waals surface area contributed by atoms with E-state index in [1.807, 2.05) is 60.7 Å². The number of hydrazine groups is 1. The summed E-state index contributed by atoms with van der Waals surface area (Å²) in [4.78, 5) is 43.5. The number of guanidine groups is 1. The van der Waals surface area contributed by atoms with Crippen molar-refractivity contribution in [3.05, 3.63) is 110 Å². The first-order valence-electron chi connectivity index (χ1n) is 12.6. The number of benzene rings is 3. The Labute approximate surface area is 247 Å². The molecule has 0 aliphatic rings. The van der Waals surface area contributed by atoms with Crippen molar-refractivity contribution in [3.8, 4) is 0 Å². The van der Waals surface area contributed by atoms with Crippen LogP contribution in [0, 0.1) is 10.1 Å². The largest absolute Gasteiger partial charge is 0.396 e. The Morgan fingerprint density at radius 3 is 2.00 bits per heavy atom. The molecule has 7 N–H and O–H groups in total. The average Bonchev–Trinajstić information content (AvgIpc) is 2.94. The van der Waals surface area contributed by atoms with Gasteiger partial charge in [0.1, 0.15) is 6.04 Å². The van der Waals surface area contributed by atoms with E-state index in [0.29, 0.717) is 16.7 Å². The van der Waals surface area contributed by atoms with Crippen LogP contribution in [0.2, 0.25) is 10.0 Å². The zero-order valence-electron chi connectivity index (χ0n) is 22.3. The molecule has 0 saturated carbocycles. The Bertz CT molecular complexity index is 1360. The van der Waals surface area contributed by atoms with Crippen LogP contribution in [0.3, 0.4) is 0 Å². The van der Waals surface area contributed by atoms with Crippen LogP contribution in [0.25, 0.3) is 0 Å². The monoisotopic (exact) mass is 599 g/mol. The Kier molecular flexibility index (Phi) is 10.5. The second-order valence-corrected chi connectivity index (χ2v) is 10.3. The molecule has 3 rings (SSSR count). The topological polar surface area (TPSA) is 183 Å². The van der Waals surface area contributed by atoms with E-state index in [4.69, 9.17) is 40.4 Å². The van der Waals surface area contributed by atoms with E-state index in [-0.39, 0.29) is 53.5 Å². The zero-order chi connectivity index (χ0) is 30.2. The van der Waals surface area contributed by atoms with Crippen molar-refractivity contribution in [2.45, 2.75) is 37.8 Å². The number of nitrogen functional groups attached to an aromatic ring is 1. The lowest BCUT2D eigenvalue weighted by atomic mass is 9.74. The summed E-state index contributed by atoms with van der Waals surface area (Å²) in [5.74, 6) is -1.51. The van der Waals surface area contributed by atoms with Crippen LogP contribution in [0.1, 0.15) is 36.5 Å². The van der Waals surface area contributed by atoms with Crippen LogP contribution < -0.4 is 22.6 Å². The smallest absolute Gasteiger partial charge is 0.251 e. The highest BCUT2D eigenvalue weighted by molar-refractivity contribution is 6.38. The summed E-state index contributed by atoms with van der Waals surface area (Å²) in [6.07, 6.45) is 0.348. The van der Waals surface area contributed by atoms with Gasteiger partial charge in [-0.1, -0.05) is 89.3 Å². The lowest BCUT2D eigenvalue weighted by Gasteiger charge is -2.39. The minimum absolute atomic E-state index is 0.0483. The quantitative estimate of drug-likeness (QED) is 0.0611. The number of rotatable bonds is 12. The number of anilines is 1. The third-order valence-corrected chi connectivity index (χ3v) is 7.34. The van der Waals surface area contributed by atoms with Crippen molar-refractivity contribution in [3.63, 3.8) is 0 Å². The standard InChI is InChI=1S/C28H31Cl2N7O4/c1-28(19-9-4-2-5-10-19,20-11-6-3-7-12-20)26(39)36(17-18-15-21(29)24(31)22(30)16-18)23(25(32)38)13-8-14-34-27(33)35-37(40)41/h2-7,9-12,15-16,23H,8,13-14,17,31H2,1H3,(H2,32,38)(H3,33,34,35)/t23-/m1/s1. The van der Waals surface area contributed by atoms with Crippen molar-refractivity contribution in [2.24, 2.45) is 16.5 Å². The molecule has 3 aromatic rings. The third kappa shape index (κ3) is 7.65. The third-order valence-electron chi connectivity index (χ3n) is 6.71. The number of nitrogens with zero attached hydrogens (tertiary/aromatic N) is 3. The van der Waals surface area contributed by atoms with E-state index in [0.717, 1.165) is 0 Å². The van der Waals surface area contributed by atoms with Crippen LogP contribution in [0.15, 0.2) is 77.8 Å². The minimum Gasteiger partial charge on any atom is -0.396 e. The molecular weight excluding hydrogens is 569 g/mol. The van der Waals surface area contributed by atoms with Crippen LogP contribution >= 0.6 is 23.2 Å². The molecule has 2 amide bonds. The number of halogens is 2. The number of hydrogen-bond acceptors (Lipinski definition) is 6. The van der Waals surface area contributed by atoms with Gasteiger partial charge >= 0.3 is 0 Å². The first-order chi connectivity index (χ1) is 19.4. The molecule has 3 aromatic carbocycles. The molecule has 0 aliphatic carbocycles. The van der Waals surface area contributed by atoms with Crippen LogP contribution in [-0.4, -0.2) is 40.3 Å². The second kappa shape index (κ2) is 13.8. The molecule has 0 aliphatic heterocycles. The van der Waals surface area contributed by atoms with Crippen molar-refractivity contribution in [2.75, 3.05) is 12.3 Å². The van der Waals surface area contributed by atoms with Gasteiger partial charge in [-0.05, 0) is 48.6 Å². The fourth-order valence-electron chi connectivity index (χ4n) is 4.56. The van der Waals surface area contributed by atoms with E-state index in [1.54, 1.807) is 24.5 Å². The minimum atomic E-state index is -1.21. The molecular formula is C28H31Cl2N7O4. The Morgan fingerprint density at radius 2 is 1.54 bits per heavy atom. The highest BCUT2D eigenvalue weighted by Crippen LogP contribution is 2.36. The Hall–Kier alpha value is -4.35. The van der Waals surface area contributed by atoms with Gasteiger partial charge in [0.25, 0.3) is 5.96 Å². The van der Waals surface area contributed by atoms with Crippen LogP contribution in [0.5, 0.6) is 0 Å². The fraction of sp³-hybridized carbons (Fsp3) is 0.250. The predicted octanol–water partition coefficient (Wildman–Crippen LogP) is 3.64. The number of hydrogen-bond donors (Lipinski definition) is 4. The molecule has 1 atom stereocenters. The summed E-state index contributed by atoms with van der Waals surface area (Å²) in [6.45, 7) is 1.78. The highest BCUT2D eigenvalue weighted by Gasteiger charge is 2.43. The van der Waals surface area contributed by atoms with Crippen molar-refractivity contribution >= 4 is 46.7 Å². The van der Waals surface area contributed by atoms with Gasteiger partial charge in [-0.25, -0.2) is 15.1 Å². The molecule has 216 valence electrons. The number of carbonyl (C=O) groups excluding carboxylic acids is 2. The summed E-state index contributed by atoms with van der Waals surface area (Å²) in [5, 5.41) is 10.1. The summed E-state index contributed by atoms with van der Waals surface area (Å²) in [5.41, 5.74) is 20.0. The molecule has 0 fully saturated rings. The van der Waals surface area contributed by atoms with Crippen LogP contribution in [-0.2, 0) is 21.5 Å². The molecule has 0 aromatic heterocycles. The second-order valence-electron chi connectivity index (χ2n) is 9.46. The summed E-state index contributed by atoms with van der Waals surface area (Å²) in [7, 11) is 0. The number of carbonyl (C=O) groups is 2. The van der Waals surface area contributed by atoms with Gasteiger partial charge in [-0.2, -0.15) is 0 Å². The van der Waals surface area contributed by atoms with Gasteiger partial charge in [0, 0.05) is 13.1 Å². The number of amides is 2. The summed E-state index contributed by atoms with van der Waals surface area (Å²) < 4.78 is 0. The van der Waals surface area contributed by atoms with Gasteiger partial charge in [0.15, 0.2) is 5.03 Å². The lowest BCUT2D eigenvalue weighted by Crippen LogP contribution is -2.54.